The van der Waals surface area contributed by atoms with Gasteiger partial charge in [0.25, 0.3) is 0 Å². The van der Waals surface area contributed by atoms with E-state index in [0.29, 0.717) is 6.42 Å². The molecule has 20 heavy (non-hydrogen) atoms. The van der Waals surface area contributed by atoms with Crippen molar-refractivity contribution in [2.24, 2.45) is 0 Å². The fourth-order valence-electron chi connectivity index (χ4n) is 2.59. The number of nitrogens with zero attached hydrogens (tertiary/aromatic N) is 2. The fourth-order valence-corrected chi connectivity index (χ4v) is 2.59. The summed E-state index contributed by atoms with van der Waals surface area (Å²) in [5, 5.41) is 12.3. The molecule has 0 aromatic rings. The molecule has 1 fully saturated rings. The van der Waals surface area contributed by atoms with Gasteiger partial charge in [-0.25, -0.2) is 0 Å². The summed E-state index contributed by atoms with van der Waals surface area (Å²) in [5.41, 5.74) is 0.234. The van der Waals surface area contributed by atoms with Crippen LogP contribution in [0.3, 0.4) is 0 Å². The van der Waals surface area contributed by atoms with Gasteiger partial charge in [-0.15, -0.1) is 0 Å². The molecular weight excluding hydrogens is 254 g/mol. The smallest absolute Gasteiger partial charge is 0.320 e. The molecule has 118 valence electrons. The van der Waals surface area contributed by atoms with Crippen molar-refractivity contribution in [2.45, 2.75) is 52.1 Å². The number of carboxylic acid groups (broad SMARTS) is 1. The van der Waals surface area contributed by atoms with Crippen LogP contribution in [0.4, 0.5) is 0 Å². The molecule has 1 unspecified atom stereocenters. The number of rotatable bonds is 7. The van der Waals surface area contributed by atoms with E-state index in [9.17, 15) is 9.90 Å². The zero-order valence-electron chi connectivity index (χ0n) is 13.5. The van der Waals surface area contributed by atoms with E-state index in [1.54, 1.807) is 0 Å². The third-order valence-corrected chi connectivity index (χ3v) is 3.99. The SMILES string of the molecule is CCCNC(CCN1CCN(C(C)(C)C)CC1)C(=O)O. The second kappa shape index (κ2) is 7.96. The highest BCUT2D eigenvalue weighted by Crippen LogP contribution is 2.15. The average molecular weight is 285 g/mol. The Morgan fingerprint density at radius 1 is 1.25 bits per heavy atom. The standard InChI is InChI=1S/C15H31N3O2/c1-5-7-16-13(14(19)20)6-8-17-9-11-18(12-10-17)15(2,3)4/h13,16H,5-12H2,1-4H3,(H,19,20). The minimum Gasteiger partial charge on any atom is -0.480 e. The molecule has 1 rings (SSSR count). The maximum absolute atomic E-state index is 11.2. The maximum atomic E-state index is 11.2. The predicted octanol–water partition coefficient (Wildman–Crippen LogP) is 1.25. The molecule has 0 aliphatic carbocycles. The Balaban J connectivity index is 2.30. The van der Waals surface area contributed by atoms with E-state index in [2.05, 4.69) is 42.8 Å². The van der Waals surface area contributed by atoms with Crippen molar-refractivity contribution in [2.75, 3.05) is 39.3 Å². The molecule has 1 aliphatic heterocycles. The molecular formula is C15H31N3O2. The number of carboxylic acids is 1. The first kappa shape index (κ1) is 17.4. The lowest BCUT2D eigenvalue weighted by Gasteiger charge is -2.42. The monoisotopic (exact) mass is 285 g/mol. The lowest BCUT2D eigenvalue weighted by Crippen LogP contribution is -2.54. The summed E-state index contributed by atoms with van der Waals surface area (Å²) in [6.45, 7) is 14.7. The topological polar surface area (TPSA) is 55.8 Å². The van der Waals surface area contributed by atoms with Crippen molar-refractivity contribution in [3.8, 4) is 0 Å². The van der Waals surface area contributed by atoms with Crippen LogP contribution in [0.1, 0.15) is 40.5 Å². The van der Waals surface area contributed by atoms with E-state index in [0.717, 1.165) is 45.7 Å². The molecule has 0 saturated carbocycles. The van der Waals surface area contributed by atoms with Gasteiger partial charge in [-0.2, -0.15) is 0 Å². The summed E-state index contributed by atoms with van der Waals surface area (Å²) in [7, 11) is 0. The summed E-state index contributed by atoms with van der Waals surface area (Å²) in [6.07, 6.45) is 1.65. The summed E-state index contributed by atoms with van der Waals surface area (Å²) >= 11 is 0. The zero-order valence-corrected chi connectivity index (χ0v) is 13.5. The van der Waals surface area contributed by atoms with Crippen molar-refractivity contribution in [3.63, 3.8) is 0 Å². The molecule has 0 aromatic carbocycles. The van der Waals surface area contributed by atoms with E-state index in [-0.39, 0.29) is 5.54 Å². The van der Waals surface area contributed by atoms with Crippen molar-refractivity contribution in [1.82, 2.24) is 15.1 Å². The third-order valence-electron chi connectivity index (χ3n) is 3.99. The van der Waals surface area contributed by atoms with E-state index in [1.165, 1.54) is 0 Å². The summed E-state index contributed by atoms with van der Waals surface area (Å²) in [6, 6.07) is -0.407. The van der Waals surface area contributed by atoms with Crippen LogP contribution in [-0.4, -0.2) is 71.7 Å². The van der Waals surface area contributed by atoms with Gasteiger partial charge in [-0.1, -0.05) is 6.92 Å². The van der Waals surface area contributed by atoms with Gasteiger partial charge in [0.2, 0.25) is 0 Å². The predicted molar refractivity (Wildman–Crippen MR) is 82.1 cm³/mol. The fraction of sp³-hybridized carbons (Fsp3) is 0.933. The Bertz CT molecular complexity index is 294. The third kappa shape index (κ3) is 5.77. The van der Waals surface area contributed by atoms with Crippen LogP contribution in [0.5, 0.6) is 0 Å². The Labute approximate surface area is 123 Å². The lowest BCUT2D eigenvalue weighted by molar-refractivity contribution is -0.139. The van der Waals surface area contributed by atoms with Gasteiger partial charge in [-0.3, -0.25) is 9.69 Å². The second-order valence-electron chi connectivity index (χ2n) is 6.63. The highest BCUT2D eigenvalue weighted by molar-refractivity contribution is 5.73. The molecule has 1 saturated heterocycles. The van der Waals surface area contributed by atoms with Crippen molar-refractivity contribution >= 4 is 5.97 Å². The highest BCUT2D eigenvalue weighted by Gasteiger charge is 2.26. The van der Waals surface area contributed by atoms with Gasteiger partial charge in [0, 0.05) is 38.3 Å². The first-order chi connectivity index (χ1) is 9.34. The number of nitrogens with one attached hydrogen (secondary N) is 1. The van der Waals surface area contributed by atoms with Crippen molar-refractivity contribution < 1.29 is 9.90 Å². The van der Waals surface area contributed by atoms with Crippen LogP contribution < -0.4 is 5.32 Å². The van der Waals surface area contributed by atoms with Crippen LogP contribution in [0.25, 0.3) is 0 Å². The molecule has 5 nitrogen and oxygen atoms in total. The molecule has 2 N–H and O–H groups in total. The average Bonchev–Trinajstić information content (AvgIpc) is 2.38. The Morgan fingerprint density at radius 2 is 1.85 bits per heavy atom. The van der Waals surface area contributed by atoms with Gasteiger partial charge in [0.05, 0.1) is 0 Å². The maximum Gasteiger partial charge on any atom is 0.320 e. The Hall–Kier alpha value is -0.650. The molecule has 0 spiro atoms. The molecule has 1 heterocycles. The summed E-state index contributed by atoms with van der Waals surface area (Å²) < 4.78 is 0. The number of carbonyl (C=O) groups is 1. The van der Waals surface area contributed by atoms with Crippen molar-refractivity contribution in [3.05, 3.63) is 0 Å². The minimum absolute atomic E-state index is 0.234. The molecule has 1 atom stereocenters. The van der Waals surface area contributed by atoms with Gasteiger partial charge in [0.1, 0.15) is 6.04 Å². The van der Waals surface area contributed by atoms with Gasteiger partial charge < -0.3 is 15.3 Å². The molecule has 5 heteroatoms. The van der Waals surface area contributed by atoms with E-state index in [1.807, 2.05) is 0 Å². The van der Waals surface area contributed by atoms with E-state index in [4.69, 9.17) is 0 Å². The first-order valence-electron chi connectivity index (χ1n) is 7.78. The zero-order chi connectivity index (χ0) is 15.2. The largest absolute Gasteiger partial charge is 0.480 e. The molecule has 0 bridgehead atoms. The van der Waals surface area contributed by atoms with Crippen LogP contribution in [0, 0.1) is 0 Å². The summed E-state index contributed by atoms with van der Waals surface area (Å²) in [4.78, 5) is 16.0. The van der Waals surface area contributed by atoms with Crippen LogP contribution in [-0.2, 0) is 4.79 Å². The quantitative estimate of drug-likeness (QED) is 0.737. The molecule has 0 aromatic heterocycles. The number of aliphatic carboxylic acids is 1. The van der Waals surface area contributed by atoms with E-state index < -0.39 is 12.0 Å². The highest BCUT2D eigenvalue weighted by atomic mass is 16.4. The van der Waals surface area contributed by atoms with Gasteiger partial charge >= 0.3 is 5.97 Å². The Morgan fingerprint density at radius 3 is 2.30 bits per heavy atom. The van der Waals surface area contributed by atoms with E-state index >= 15 is 0 Å². The normalized spacial score (nSPS) is 20.0. The van der Waals surface area contributed by atoms with Crippen LogP contribution >= 0.6 is 0 Å². The Kier molecular flexibility index (Phi) is 6.92. The lowest BCUT2D eigenvalue weighted by atomic mass is 10.0. The minimum atomic E-state index is -0.730. The van der Waals surface area contributed by atoms with Gasteiger partial charge in [0.15, 0.2) is 0 Å². The van der Waals surface area contributed by atoms with Crippen LogP contribution in [0.15, 0.2) is 0 Å². The second-order valence-corrected chi connectivity index (χ2v) is 6.63. The number of piperazine rings is 1. The van der Waals surface area contributed by atoms with Crippen LogP contribution in [0.2, 0.25) is 0 Å². The molecule has 0 radical (unpaired) electrons. The summed E-state index contributed by atoms with van der Waals surface area (Å²) in [5.74, 6) is -0.730. The number of hydrogen-bond donors (Lipinski definition) is 2. The molecule has 0 amide bonds. The van der Waals surface area contributed by atoms with Gasteiger partial charge in [-0.05, 0) is 40.2 Å². The van der Waals surface area contributed by atoms with Crippen molar-refractivity contribution in [1.29, 1.82) is 0 Å². The molecule has 1 aliphatic rings. The first-order valence-corrected chi connectivity index (χ1v) is 7.78. The number of hydrogen-bond acceptors (Lipinski definition) is 4.